The first-order valence-electron chi connectivity index (χ1n) is 4.85. The fourth-order valence-corrected chi connectivity index (χ4v) is 1.84. The number of hydrogen-bond acceptors (Lipinski definition) is 3. The third-order valence-electron chi connectivity index (χ3n) is 2.71. The van der Waals surface area contributed by atoms with Gasteiger partial charge in [-0.25, -0.2) is 4.98 Å². The molecule has 0 aromatic carbocycles. The number of aromatic nitrogens is 3. The van der Waals surface area contributed by atoms with Gasteiger partial charge in [-0.2, -0.15) is 5.10 Å². The highest BCUT2D eigenvalue weighted by Crippen LogP contribution is 2.26. The van der Waals surface area contributed by atoms with E-state index in [-0.39, 0.29) is 5.54 Å². The molecule has 0 saturated carbocycles. The molecule has 0 spiro atoms. The van der Waals surface area contributed by atoms with Crippen LogP contribution in [0.2, 0.25) is 0 Å². The minimum absolute atomic E-state index is 0.0109. The van der Waals surface area contributed by atoms with E-state index in [1.54, 1.807) is 0 Å². The van der Waals surface area contributed by atoms with Crippen molar-refractivity contribution in [2.24, 2.45) is 0 Å². The van der Waals surface area contributed by atoms with Crippen LogP contribution in [-0.4, -0.2) is 21.7 Å². The fourth-order valence-electron chi connectivity index (χ4n) is 1.84. The highest BCUT2D eigenvalue weighted by Gasteiger charge is 2.31. The van der Waals surface area contributed by atoms with E-state index in [1.807, 2.05) is 6.92 Å². The summed E-state index contributed by atoms with van der Waals surface area (Å²) in [6, 6.07) is 0. The Morgan fingerprint density at radius 1 is 1.38 bits per heavy atom. The van der Waals surface area contributed by atoms with Crippen LogP contribution in [-0.2, 0) is 5.54 Å². The molecule has 1 aliphatic heterocycles. The van der Waals surface area contributed by atoms with Crippen molar-refractivity contribution in [2.45, 2.75) is 38.6 Å². The van der Waals surface area contributed by atoms with Crippen molar-refractivity contribution >= 4 is 0 Å². The Kier molecular flexibility index (Phi) is 2.07. The molecule has 2 N–H and O–H groups in total. The maximum absolute atomic E-state index is 4.38. The first-order valence-corrected chi connectivity index (χ1v) is 4.85. The van der Waals surface area contributed by atoms with Crippen LogP contribution in [0.15, 0.2) is 0 Å². The van der Waals surface area contributed by atoms with Crippen molar-refractivity contribution in [3.05, 3.63) is 11.6 Å². The van der Waals surface area contributed by atoms with Crippen molar-refractivity contribution in [1.82, 2.24) is 20.5 Å². The first kappa shape index (κ1) is 8.69. The van der Waals surface area contributed by atoms with Gasteiger partial charge in [-0.05, 0) is 39.7 Å². The third kappa shape index (κ3) is 1.58. The zero-order chi connectivity index (χ0) is 9.31. The Bertz CT molecular complexity index is 286. The zero-order valence-electron chi connectivity index (χ0n) is 8.22. The molecular weight excluding hydrogens is 164 g/mol. The van der Waals surface area contributed by atoms with Crippen molar-refractivity contribution in [3.8, 4) is 0 Å². The van der Waals surface area contributed by atoms with Crippen LogP contribution in [0.4, 0.5) is 0 Å². The van der Waals surface area contributed by atoms with Gasteiger partial charge in [0.05, 0.1) is 5.54 Å². The lowest BCUT2D eigenvalue weighted by Gasteiger charge is -2.32. The summed E-state index contributed by atoms with van der Waals surface area (Å²) in [5.41, 5.74) is -0.0109. The summed E-state index contributed by atoms with van der Waals surface area (Å²) >= 11 is 0. The summed E-state index contributed by atoms with van der Waals surface area (Å²) in [6.45, 7) is 5.18. The molecule has 2 heterocycles. The average molecular weight is 180 g/mol. The maximum atomic E-state index is 4.38. The Labute approximate surface area is 78.1 Å². The quantitative estimate of drug-likeness (QED) is 0.680. The topological polar surface area (TPSA) is 53.6 Å². The van der Waals surface area contributed by atoms with Crippen LogP contribution < -0.4 is 5.32 Å². The van der Waals surface area contributed by atoms with E-state index in [9.17, 15) is 0 Å². The molecule has 1 saturated heterocycles. The van der Waals surface area contributed by atoms with Gasteiger partial charge in [-0.1, -0.05) is 0 Å². The Morgan fingerprint density at radius 2 is 2.23 bits per heavy atom. The summed E-state index contributed by atoms with van der Waals surface area (Å²) in [5.74, 6) is 1.80. The number of piperidine rings is 1. The Hall–Kier alpha value is -0.900. The van der Waals surface area contributed by atoms with E-state index in [4.69, 9.17) is 0 Å². The summed E-state index contributed by atoms with van der Waals surface area (Å²) in [7, 11) is 0. The lowest BCUT2D eigenvalue weighted by molar-refractivity contribution is 0.269. The molecule has 1 fully saturated rings. The molecule has 2 rings (SSSR count). The monoisotopic (exact) mass is 180 g/mol. The van der Waals surface area contributed by atoms with E-state index in [2.05, 4.69) is 27.4 Å². The average Bonchev–Trinajstić information content (AvgIpc) is 2.54. The van der Waals surface area contributed by atoms with Gasteiger partial charge in [0.15, 0.2) is 5.82 Å². The number of rotatable bonds is 1. The minimum atomic E-state index is -0.0109. The van der Waals surface area contributed by atoms with Crippen LogP contribution in [0.3, 0.4) is 0 Å². The summed E-state index contributed by atoms with van der Waals surface area (Å²) in [6.07, 6.45) is 3.65. The predicted molar refractivity (Wildman–Crippen MR) is 50.3 cm³/mol. The van der Waals surface area contributed by atoms with E-state index in [1.165, 1.54) is 12.8 Å². The molecule has 72 valence electrons. The standard InChI is InChI=1S/C9H16N4/c1-7-11-8(13-12-7)9(2)5-3-4-6-10-9/h10H,3-6H2,1-2H3,(H,11,12,13). The SMILES string of the molecule is Cc1nc(C2(C)CCCCN2)n[nH]1. The smallest absolute Gasteiger partial charge is 0.170 e. The second-order valence-electron chi connectivity index (χ2n) is 3.96. The minimum Gasteiger partial charge on any atom is -0.305 e. The molecule has 4 heteroatoms. The molecular formula is C9H16N4. The van der Waals surface area contributed by atoms with Crippen LogP contribution in [0.1, 0.15) is 37.8 Å². The predicted octanol–water partition coefficient (Wildman–Crippen LogP) is 1.10. The molecule has 1 aromatic heterocycles. The molecule has 1 aliphatic rings. The molecule has 13 heavy (non-hydrogen) atoms. The van der Waals surface area contributed by atoms with Crippen LogP contribution >= 0.6 is 0 Å². The number of H-pyrrole nitrogens is 1. The summed E-state index contributed by atoms with van der Waals surface area (Å²) in [4.78, 5) is 4.38. The molecule has 4 nitrogen and oxygen atoms in total. The highest BCUT2D eigenvalue weighted by molar-refractivity contribution is 5.05. The largest absolute Gasteiger partial charge is 0.305 e. The molecule has 1 aromatic rings. The number of hydrogen-bond donors (Lipinski definition) is 2. The van der Waals surface area contributed by atoms with Gasteiger partial charge in [0.25, 0.3) is 0 Å². The number of nitrogens with zero attached hydrogens (tertiary/aromatic N) is 2. The molecule has 0 amide bonds. The van der Waals surface area contributed by atoms with Gasteiger partial charge in [-0.3, -0.25) is 5.10 Å². The Morgan fingerprint density at radius 3 is 2.77 bits per heavy atom. The second kappa shape index (κ2) is 3.10. The van der Waals surface area contributed by atoms with Gasteiger partial charge in [0.2, 0.25) is 0 Å². The van der Waals surface area contributed by atoms with Crippen molar-refractivity contribution in [2.75, 3.05) is 6.54 Å². The number of nitrogens with one attached hydrogen (secondary N) is 2. The maximum Gasteiger partial charge on any atom is 0.170 e. The van der Waals surface area contributed by atoms with Gasteiger partial charge in [0.1, 0.15) is 5.82 Å². The van der Waals surface area contributed by atoms with E-state index in [0.29, 0.717) is 0 Å². The third-order valence-corrected chi connectivity index (χ3v) is 2.71. The normalized spacial score (nSPS) is 29.1. The van der Waals surface area contributed by atoms with Gasteiger partial charge in [-0.15, -0.1) is 0 Å². The van der Waals surface area contributed by atoms with Crippen molar-refractivity contribution < 1.29 is 0 Å². The van der Waals surface area contributed by atoms with E-state index >= 15 is 0 Å². The molecule has 0 aliphatic carbocycles. The lowest BCUT2D eigenvalue weighted by Crippen LogP contribution is -2.44. The van der Waals surface area contributed by atoms with E-state index in [0.717, 1.165) is 24.6 Å². The second-order valence-corrected chi connectivity index (χ2v) is 3.96. The zero-order valence-corrected chi connectivity index (χ0v) is 8.22. The van der Waals surface area contributed by atoms with Crippen LogP contribution in [0.25, 0.3) is 0 Å². The number of aryl methyl sites for hydroxylation is 1. The van der Waals surface area contributed by atoms with Gasteiger partial charge >= 0.3 is 0 Å². The van der Waals surface area contributed by atoms with E-state index < -0.39 is 0 Å². The molecule has 1 unspecified atom stereocenters. The fraction of sp³-hybridized carbons (Fsp3) is 0.778. The molecule has 0 radical (unpaired) electrons. The number of aromatic amines is 1. The molecule has 0 bridgehead atoms. The highest BCUT2D eigenvalue weighted by atomic mass is 15.2. The summed E-state index contributed by atoms with van der Waals surface area (Å²) < 4.78 is 0. The summed E-state index contributed by atoms with van der Waals surface area (Å²) in [5, 5.41) is 10.6. The van der Waals surface area contributed by atoms with Gasteiger partial charge in [0, 0.05) is 0 Å². The Balaban J connectivity index is 2.22. The molecule has 1 atom stereocenters. The van der Waals surface area contributed by atoms with Crippen molar-refractivity contribution in [3.63, 3.8) is 0 Å². The van der Waals surface area contributed by atoms with Gasteiger partial charge < -0.3 is 5.32 Å². The first-order chi connectivity index (χ1) is 6.21. The van der Waals surface area contributed by atoms with Crippen LogP contribution in [0.5, 0.6) is 0 Å². The lowest BCUT2D eigenvalue weighted by atomic mass is 9.90. The van der Waals surface area contributed by atoms with Crippen LogP contribution in [0, 0.1) is 6.92 Å². The van der Waals surface area contributed by atoms with Crippen molar-refractivity contribution in [1.29, 1.82) is 0 Å².